The fourth-order valence-electron chi connectivity index (χ4n) is 3.19. The molecule has 1 saturated carbocycles. The lowest BCUT2D eigenvalue weighted by Crippen LogP contribution is -2.39. The zero-order valence-electron chi connectivity index (χ0n) is 11.4. The van der Waals surface area contributed by atoms with Crippen LogP contribution in [-0.4, -0.2) is 50.7 Å². The van der Waals surface area contributed by atoms with Crippen molar-refractivity contribution in [3.8, 4) is 0 Å². The summed E-state index contributed by atoms with van der Waals surface area (Å²) in [6, 6.07) is 0.869. The summed E-state index contributed by atoms with van der Waals surface area (Å²) in [6.07, 6.45) is 8.48. The highest BCUT2D eigenvalue weighted by Gasteiger charge is 2.19. The van der Waals surface area contributed by atoms with Gasteiger partial charge in [0, 0.05) is 19.1 Å². The summed E-state index contributed by atoms with van der Waals surface area (Å²) >= 11 is 0. The highest BCUT2D eigenvalue weighted by atomic mass is 15.1. The SMILES string of the molecule is CN(CCNCC1CCCNC1)C1CCCC1. The molecule has 1 heterocycles. The Kier molecular flexibility index (Phi) is 5.75. The van der Waals surface area contributed by atoms with Gasteiger partial charge in [-0.1, -0.05) is 12.8 Å². The Morgan fingerprint density at radius 3 is 2.71 bits per heavy atom. The first-order chi connectivity index (χ1) is 8.36. The monoisotopic (exact) mass is 239 g/mol. The number of likely N-dealkylation sites (N-methyl/N-ethyl adjacent to an activating group) is 1. The van der Waals surface area contributed by atoms with Gasteiger partial charge in [-0.3, -0.25) is 0 Å². The summed E-state index contributed by atoms with van der Waals surface area (Å²) in [5.74, 6) is 0.862. The van der Waals surface area contributed by atoms with Crippen molar-refractivity contribution in [1.29, 1.82) is 0 Å². The van der Waals surface area contributed by atoms with Gasteiger partial charge in [-0.2, -0.15) is 0 Å². The second-order valence-corrected chi connectivity index (χ2v) is 5.84. The van der Waals surface area contributed by atoms with Crippen LogP contribution in [0, 0.1) is 5.92 Å². The minimum atomic E-state index is 0.862. The van der Waals surface area contributed by atoms with E-state index >= 15 is 0 Å². The molecular formula is C14H29N3. The third-order valence-electron chi connectivity index (χ3n) is 4.42. The van der Waals surface area contributed by atoms with Crippen molar-refractivity contribution in [3.05, 3.63) is 0 Å². The fraction of sp³-hybridized carbons (Fsp3) is 1.00. The predicted octanol–water partition coefficient (Wildman–Crippen LogP) is 1.45. The van der Waals surface area contributed by atoms with Gasteiger partial charge in [0.05, 0.1) is 0 Å². The van der Waals surface area contributed by atoms with Gasteiger partial charge in [0.15, 0.2) is 0 Å². The van der Waals surface area contributed by atoms with Gasteiger partial charge in [-0.15, -0.1) is 0 Å². The first-order valence-electron chi connectivity index (χ1n) is 7.48. The number of hydrogen-bond acceptors (Lipinski definition) is 3. The maximum atomic E-state index is 3.63. The van der Waals surface area contributed by atoms with Crippen molar-refractivity contribution in [2.45, 2.75) is 44.6 Å². The maximum absolute atomic E-state index is 3.63. The normalized spacial score (nSPS) is 26.8. The third kappa shape index (κ3) is 4.57. The number of nitrogens with zero attached hydrogens (tertiary/aromatic N) is 1. The van der Waals surface area contributed by atoms with Gasteiger partial charge in [0.25, 0.3) is 0 Å². The van der Waals surface area contributed by atoms with Gasteiger partial charge in [-0.25, -0.2) is 0 Å². The summed E-state index contributed by atoms with van der Waals surface area (Å²) in [7, 11) is 2.29. The largest absolute Gasteiger partial charge is 0.316 e. The number of nitrogens with one attached hydrogen (secondary N) is 2. The topological polar surface area (TPSA) is 27.3 Å². The average Bonchev–Trinajstić information content (AvgIpc) is 2.89. The second kappa shape index (κ2) is 7.34. The summed E-state index contributed by atoms with van der Waals surface area (Å²) in [5, 5.41) is 7.11. The minimum Gasteiger partial charge on any atom is -0.316 e. The van der Waals surface area contributed by atoms with E-state index in [0.29, 0.717) is 0 Å². The molecule has 100 valence electrons. The van der Waals surface area contributed by atoms with Crippen molar-refractivity contribution in [2.24, 2.45) is 5.92 Å². The van der Waals surface area contributed by atoms with Crippen molar-refractivity contribution < 1.29 is 0 Å². The molecule has 0 radical (unpaired) electrons. The Morgan fingerprint density at radius 1 is 1.18 bits per heavy atom. The molecule has 2 fully saturated rings. The van der Waals surface area contributed by atoms with Crippen LogP contribution in [0.1, 0.15) is 38.5 Å². The zero-order chi connectivity index (χ0) is 11.9. The van der Waals surface area contributed by atoms with Gasteiger partial charge in [0.1, 0.15) is 0 Å². The van der Waals surface area contributed by atoms with E-state index in [0.717, 1.165) is 18.5 Å². The molecule has 0 spiro atoms. The van der Waals surface area contributed by atoms with Crippen LogP contribution in [0.4, 0.5) is 0 Å². The number of rotatable bonds is 6. The third-order valence-corrected chi connectivity index (χ3v) is 4.42. The van der Waals surface area contributed by atoms with Gasteiger partial charge < -0.3 is 15.5 Å². The van der Waals surface area contributed by atoms with Crippen LogP contribution in [0.5, 0.6) is 0 Å². The van der Waals surface area contributed by atoms with Crippen LogP contribution in [0.2, 0.25) is 0 Å². The molecule has 3 nitrogen and oxygen atoms in total. The summed E-state index contributed by atoms with van der Waals surface area (Å²) in [6.45, 7) is 6.01. The second-order valence-electron chi connectivity index (χ2n) is 5.84. The summed E-state index contributed by atoms with van der Waals surface area (Å²) in [4.78, 5) is 2.55. The molecule has 1 aliphatic carbocycles. The van der Waals surface area contributed by atoms with Crippen molar-refractivity contribution in [1.82, 2.24) is 15.5 Å². The van der Waals surface area contributed by atoms with Gasteiger partial charge in [-0.05, 0) is 58.3 Å². The van der Waals surface area contributed by atoms with Crippen molar-refractivity contribution in [2.75, 3.05) is 39.8 Å². The van der Waals surface area contributed by atoms with E-state index in [9.17, 15) is 0 Å². The number of hydrogen-bond donors (Lipinski definition) is 2. The molecule has 1 atom stereocenters. The maximum Gasteiger partial charge on any atom is 0.0107 e. The van der Waals surface area contributed by atoms with Crippen LogP contribution >= 0.6 is 0 Å². The van der Waals surface area contributed by atoms with E-state index < -0.39 is 0 Å². The Morgan fingerprint density at radius 2 is 2.00 bits per heavy atom. The van der Waals surface area contributed by atoms with Crippen LogP contribution < -0.4 is 10.6 Å². The number of piperidine rings is 1. The highest BCUT2D eigenvalue weighted by molar-refractivity contribution is 4.76. The van der Waals surface area contributed by atoms with Crippen molar-refractivity contribution in [3.63, 3.8) is 0 Å². The van der Waals surface area contributed by atoms with Crippen LogP contribution in [0.25, 0.3) is 0 Å². The molecule has 2 rings (SSSR count). The highest BCUT2D eigenvalue weighted by Crippen LogP contribution is 2.21. The molecule has 2 N–H and O–H groups in total. The first-order valence-corrected chi connectivity index (χ1v) is 7.48. The Hall–Kier alpha value is -0.120. The van der Waals surface area contributed by atoms with Gasteiger partial charge in [0.2, 0.25) is 0 Å². The Bertz CT molecular complexity index is 196. The smallest absolute Gasteiger partial charge is 0.0107 e. The molecule has 17 heavy (non-hydrogen) atoms. The Balaban J connectivity index is 1.50. The van der Waals surface area contributed by atoms with E-state index in [1.807, 2.05) is 0 Å². The fourth-order valence-corrected chi connectivity index (χ4v) is 3.19. The Labute approximate surface area is 106 Å². The zero-order valence-corrected chi connectivity index (χ0v) is 11.4. The molecule has 0 aromatic carbocycles. The quantitative estimate of drug-likeness (QED) is 0.687. The molecule has 1 saturated heterocycles. The van der Waals surface area contributed by atoms with E-state index in [2.05, 4.69) is 22.6 Å². The molecule has 0 aromatic rings. The lowest BCUT2D eigenvalue weighted by Gasteiger charge is -2.26. The van der Waals surface area contributed by atoms with E-state index in [4.69, 9.17) is 0 Å². The summed E-state index contributed by atoms with van der Waals surface area (Å²) < 4.78 is 0. The lowest BCUT2D eigenvalue weighted by atomic mass is 10.00. The molecule has 1 aliphatic heterocycles. The van der Waals surface area contributed by atoms with Gasteiger partial charge >= 0.3 is 0 Å². The van der Waals surface area contributed by atoms with Crippen LogP contribution in [0.3, 0.4) is 0 Å². The van der Waals surface area contributed by atoms with E-state index in [1.54, 1.807) is 0 Å². The predicted molar refractivity (Wildman–Crippen MR) is 73.3 cm³/mol. The minimum absolute atomic E-state index is 0.862. The van der Waals surface area contributed by atoms with Crippen LogP contribution in [-0.2, 0) is 0 Å². The molecule has 0 aromatic heterocycles. The standard InChI is InChI=1S/C14H29N3/c1-17(14-6-2-3-7-14)10-9-16-12-13-5-4-8-15-11-13/h13-16H,2-12H2,1H3. The molecule has 0 amide bonds. The van der Waals surface area contributed by atoms with E-state index in [-0.39, 0.29) is 0 Å². The average molecular weight is 239 g/mol. The summed E-state index contributed by atoms with van der Waals surface area (Å²) in [5.41, 5.74) is 0. The van der Waals surface area contributed by atoms with Crippen LogP contribution in [0.15, 0.2) is 0 Å². The molecule has 0 bridgehead atoms. The lowest BCUT2D eigenvalue weighted by molar-refractivity contribution is 0.242. The van der Waals surface area contributed by atoms with Crippen molar-refractivity contribution >= 4 is 0 Å². The van der Waals surface area contributed by atoms with E-state index in [1.165, 1.54) is 64.7 Å². The molecule has 2 aliphatic rings. The first kappa shape index (κ1) is 13.3. The molecule has 1 unspecified atom stereocenters. The molecular weight excluding hydrogens is 210 g/mol. The molecule has 3 heteroatoms.